The molecule has 3 aromatic rings. The predicted octanol–water partition coefficient (Wildman–Crippen LogP) is 5.47. The Morgan fingerprint density at radius 1 is 0.769 bits per heavy atom. The van der Waals surface area contributed by atoms with Gasteiger partial charge in [0.2, 0.25) is 0 Å². The molecular formula is C22H22N2O2. The third-order valence-corrected chi connectivity index (χ3v) is 3.69. The average molecular weight is 346 g/mol. The van der Waals surface area contributed by atoms with Crippen molar-refractivity contribution >= 4 is 23.0 Å². The largest absolute Gasteiger partial charge is 0.491 e. The molecule has 4 heteroatoms. The van der Waals surface area contributed by atoms with Crippen LogP contribution in [0.3, 0.4) is 0 Å². The quantitative estimate of drug-likeness (QED) is 0.622. The van der Waals surface area contributed by atoms with Crippen LogP contribution in [0.5, 0.6) is 5.75 Å². The molecule has 0 aromatic heterocycles. The van der Waals surface area contributed by atoms with Gasteiger partial charge in [-0.15, -0.1) is 0 Å². The van der Waals surface area contributed by atoms with Crippen molar-refractivity contribution in [1.29, 1.82) is 0 Å². The normalized spacial score (nSPS) is 10.4. The lowest BCUT2D eigenvalue weighted by molar-refractivity contribution is 0.102. The number of hydrogen-bond donors (Lipinski definition) is 2. The Kier molecular flexibility index (Phi) is 5.54. The fourth-order valence-corrected chi connectivity index (χ4v) is 2.49. The van der Waals surface area contributed by atoms with E-state index in [1.165, 1.54) is 0 Å². The van der Waals surface area contributed by atoms with Crippen molar-refractivity contribution in [3.05, 3.63) is 84.4 Å². The van der Waals surface area contributed by atoms with Gasteiger partial charge < -0.3 is 15.4 Å². The molecule has 0 atom stereocenters. The molecule has 3 aromatic carbocycles. The maximum Gasteiger partial charge on any atom is 0.255 e. The zero-order valence-electron chi connectivity index (χ0n) is 14.9. The van der Waals surface area contributed by atoms with Crippen LogP contribution in [0.4, 0.5) is 17.1 Å². The first-order valence-electron chi connectivity index (χ1n) is 8.60. The van der Waals surface area contributed by atoms with Crippen LogP contribution in [-0.2, 0) is 0 Å². The third kappa shape index (κ3) is 4.86. The number of benzene rings is 3. The summed E-state index contributed by atoms with van der Waals surface area (Å²) in [5, 5.41) is 6.21. The molecule has 0 radical (unpaired) electrons. The van der Waals surface area contributed by atoms with Crippen LogP contribution in [0.25, 0.3) is 0 Å². The molecule has 0 spiro atoms. The number of carbonyl (C=O) groups excluding carboxylic acids is 1. The third-order valence-electron chi connectivity index (χ3n) is 3.69. The molecule has 0 aliphatic carbocycles. The Morgan fingerprint density at radius 3 is 1.96 bits per heavy atom. The smallest absolute Gasteiger partial charge is 0.255 e. The first-order chi connectivity index (χ1) is 12.6. The summed E-state index contributed by atoms with van der Waals surface area (Å²) in [6, 6.07) is 24.7. The minimum absolute atomic E-state index is 0.109. The number of rotatable bonds is 6. The van der Waals surface area contributed by atoms with Crippen molar-refractivity contribution in [1.82, 2.24) is 0 Å². The van der Waals surface area contributed by atoms with Gasteiger partial charge in [-0.25, -0.2) is 0 Å². The average Bonchev–Trinajstić information content (AvgIpc) is 2.64. The molecule has 26 heavy (non-hydrogen) atoms. The molecular weight excluding hydrogens is 324 g/mol. The van der Waals surface area contributed by atoms with E-state index >= 15 is 0 Å². The highest BCUT2D eigenvalue weighted by molar-refractivity contribution is 6.04. The Labute approximate surface area is 153 Å². The lowest BCUT2D eigenvalue weighted by Gasteiger charge is -2.11. The van der Waals surface area contributed by atoms with Crippen LogP contribution in [0.1, 0.15) is 24.2 Å². The van der Waals surface area contributed by atoms with Crippen molar-refractivity contribution < 1.29 is 9.53 Å². The zero-order valence-corrected chi connectivity index (χ0v) is 14.9. The van der Waals surface area contributed by atoms with Gasteiger partial charge >= 0.3 is 0 Å². The molecule has 1 amide bonds. The number of nitrogens with one attached hydrogen (secondary N) is 2. The van der Waals surface area contributed by atoms with Crippen molar-refractivity contribution in [3.63, 3.8) is 0 Å². The molecule has 0 bridgehead atoms. The second-order valence-corrected chi connectivity index (χ2v) is 6.21. The Hall–Kier alpha value is -3.27. The standard InChI is InChI=1S/C22H22N2O2/c1-16(2)26-21-14-8-17(9-15-21)22(25)24-20-12-10-19(11-13-20)23-18-6-4-3-5-7-18/h3-16,23H,1-2H3,(H,24,25). The lowest BCUT2D eigenvalue weighted by atomic mass is 10.2. The molecule has 0 aliphatic heterocycles. The molecule has 0 fully saturated rings. The molecule has 132 valence electrons. The van der Waals surface area contributed by atoms with E-state index in [-0.39, 0.29) is 12.0 Å². The van der Waals surface area contributed by atoms with Crippen molar-refractivity contribution in [2.45, 2.75) is 20.0 Å². The van der Waals surface area contributed by atoms with Gasteiger partial charge in [-0.05, 0) is 74.5 Å². The minimum atomic E-state index is -0.148. The monoisotopic (exact) mass is 346 g/mol. The van der Waals surface area contributed by atoms with E-state index in [2.05, 4.69) is 10.6 Å². The van der Waals surface area contributed by atoms with E-state index in [9.17, 15) is 4.79 Å². The topological polar surface area (TPSA) is 50.4 Å². The maximum atomic E-state index is 12.4. The summed E-state index contributed by atoms with van der Waals surface area (Å²) in [6.07, 6.45) is 0.109. The molecule has 0 saturated heterocycles. The van der Waals surface area contributed by atoms with Crippen LogP contribution < -0.4 is 15.4 Å². The van der Waals surface area contributed by atoms with Crippen LogP contribution in [-0.4, -0.2) is 12.0 Å². The van der Waals surface area contributed by atoms with Crippen molar-refractivity contribution in [2.24, 2.45) is 0 Å². The van der Waals surface area contributed by atoms with Gasteiger partial charge in [-0.2, -0.15) is 0 Å². The number of anilines is 3. The number of carbonyl (C=O) groups is 1. The van der Waals surface area contributed by atoms with Gasteiger partial charge in [-0.1, -0.05) is 18.2 Å². The van der Waals surface area contributed by atoms with Gasteiger partial charge in [0.05, 0.1) is 6.10 Å². The second-order valence-electron chi connectivity index (χ2n) is 6.21. The van der Waals surface area contributed by atoms with E-state index in [1.807, 2.05) is 80.6 Å². The first kappa shape index (κ1) is 17.5. The number of para-hydroxylation sites is 1. The molecule has 0 unspecified atom stereocenters. The van der Waals surface area contributed by atoms with Gasteiger partial charge in [0.15, 0.2) is 0 Å². The SMILES string of the molecule is CC(C)Oc1ccc(C(=O)Nc2ccc(Nc3ccccc3)cc2)cc1. The summed E-state index contributed by atoms with van der Waals surface area (Å²) in [7, 11) is 0. The molecule has 2 N–H and O–H groups in total. The first-order valence-corrected chi connectivity index (χ1v) is 8.60. The van der Waals surface area contributed by atoms with Crippen LogP contribution in [0.2, 0.25) is 0 Å². The zero-order chi connectivity index (χ0) is 18.4. The molecule has 4 nitrogen and oxygen atoms in total. The fraction of sp³-hybridized carbons (Fsp3) is 0.136. The summed E-state index contributed by atoms with van der Waals surface area (Å²) in [6.45, 7) is 3.94. The highest BCUT2D eigenvalue weighted by Gasteiger charge is 2.07. The van der Waals surface area contributed by atoms with E-state index < -0.39 is 0 Å². The van der Waals surface area contributed by atoms with Crippen molar-refractivity contribution in [3.8, 4) is 5.75 Å². The Morgan fingerprint density at radius 2 is 1.35 bits per heavy atom. The van der Waals surface area contributed by atoms with E-state index in [4.69, 9.17) is 4.74 Å². The fourth-order valence-electron chi connectivity index (χ4n) is 2.49. The highest BCUT2D eigenvalue weighted by Crippen LogP contribution is 2.20. The van der Waals surface area contributed by atoms with E-state index in [0.717, 1.165) is 22.8 Å². The van der Waals surface area contributed by atoms with Crippen LogP contribution in [0, 0.1) is 0 Å². The minimum Gasteiger partial charge on any atom is -0.491 e. The van der Waals surface area contributed by atoms with Crippen LogP contribution in [0.15, 0.2) is 78.9 Å². The molecule has 0 saturated carbocycles. The Balaban J connectivity index is 1.60. The summed E-state index contributed by atoms with van der Waals surface area (Å²) in [5.41, 5.74) is 3.32. The summed E-state index contributed by atoms with van der Waals surface area (Å²) >= 11 is 0. The second kappa shape index (κ2) is 8.21. The summed E-state index contributed by atoms with van der Waals surface area (Å²) in [5.74, 6) is 0.609. The van der Waals surface area contributed by atoms with E-state index in [0.29, 0.717) is 5.56 Å². The summed E-state index contributed by atoms with van der Waals surface area (Å²) < 4.78 is 5.59. The summed E-state index contributed by atoms with van der Waals surface area (Å²) in [4.78, 5) is 12.4. The van der Waals surface area contributed by atoms with Crippen molar-refractivity contribution in [2.75, 3.05) is 10.6 Å². The van der Waals surface area contributed by atoms with Gasteiger partial charge in [0.1, 0.15) is 5.75 Å². The number of ether oxygens (including phenoxy) is 1. The lowest BCUT2D eigenvalue weighted by Crippen LogP contribution is -2.12. The number of hydrogen-bond acceptors (Lipinski definition) is 3. The Bertz CT molecular complexity index is 842. The van der Waals surface area contributed by atoms with Gasteiger partial charge in [0, 0.05) is 22.6 Å². The maximum absolute atomic E-state index is 12.4. The number of amides is 1. The van der Waals surface area contributed by atoms with Crippen LogP contribution >= 0.6 is 0 Å². The predicted molar refractivity (Wildman–Crippen MR) is 106 cm³/mol. The van der Waals surface area contributed by atoms with Gasteiger partial charge in [-0.3, -0.25) is 4.79 Å². The highest BCUT2D eigenvalue weighted by atomic mass is 16.5. The van der Waals surface area contributed by atoms with E-state index in [1.54, 1.807) is 12.1 Å². The van der Waals surface area contributed by atoms with Gasteiger partial charge in [0.25, 0.3) is 5.91 Å². The molecule has 0 heterocycles. The molecule has 0 aliphatic rings. The molecule has 3 rings (SSSR count).